The van der Waals surface area contributed by atoms with Gasteiger partial charge in [0, 0.05) is 0 Å². The Morgan fingerprint density at radius 2 is 2.08 bits per heavy atom. The number of hydrogen-bond acceptors (Lipinski definition) is 2. The minimum Gasteiger partial charge on any atom is -0.285 e. The first kappa shape index (κ1) is 11.4. The summed E-state index contributed by atoms with van der Waals surface area (Å²) >= 11 is 0. The van der Waals surface area contributed by atoms with Gasteiger partial charge in [-0.3, -0.25) is 4.55 Å². The Hall–Kier alpha value is -0.610. The summed E-state index contributed by atoms with van der Waals surface area (Å²) in [6.07, 6.45) is 3.26. The Labute approximate surface area is 73.5 Å². The molecule has 3 nitrogen and oxygen atoms in total. The molecule has 0 aromatic carbocycles. The lowest BCUT2D eigenvalue weighted by molar-refractivity contribution is 0.475. The highest BCUT2D eigenvalue weighted by Gasteiger charge is 2.17. The maximum absolute atomic E-state index is 10.6. The molecular formula is C8H14O3S. The van der Waals surface area contributed by atoms with Gasteiger partial charge in [0.2, 0.25) is 0 Å². The van der Waals surface area contributed by atoms with Crippen LogP contribution < -0.4 is 0 Å². The molecule has 1 unspecified atom stereocenters. The van der Waals surface area contributed by atoms with Gasteiger partial charge in [-0.1, -0.05) is 17.7 Å². The molecule has 0 aliphatic carbocycles. The van der Waals surface area contributed by atoms with E-state index < -0.39 is 15.4 Å². The van der Waals surface area contributed by atoms with Crippen LogP contribution in [0, 0.1) is 0 Å². The van der Waals surface area contributed by atoms with E-state index in [1.54, 1.807) is 6.08 Å². The van der Waals surface area contributed by atoms with Gasteiger partial charge in [-0.25, -0.2) is 0 Å². The van der Waals surface area contributed by atoms with Crippen LogP contribution in [0.3, 0.4) is 0 Å². The number of rotatable bonds is 4. The third kappa shape index (κ3) is 4.31. The molecule has 1 atom stereocenters. The summed E-state index contributed by atoms with van der Waals surface area (Å²) in [6, 6.07) is 0. The van der Waals surface area contributed by atoms with Gasteiger partial charge in [-0.2, -0.15) is 8.42 Å². The molecule has 70 valence electrons. The van der Waals surface area contributed by atoms with Crippen LogP contribution in [0.1, 0.15) is 20.3 Å². The Kier molecular flexibility index (Phi) is 4.20. The second-order valence-electron chi connectivity index (χ2n) is 2.81. The van der Waals surface area contributed by atoms with E-state index in [1.165, 1.54) is 6.08 Å². The number of hydrogen-bond donors (Lipinski definition) is 1. The van der Waals surface area contributed by atoms with Crippen LogP contribution in [0.5, 0.6) is 0 Å². The first-order valence-corrected chi connectivity index (χ1v) is 5.10. The number of allylic oxidation sites excluding steroid dienone is 2. The van der Waals surface area contributed by atoms with Crippen molar-refractivity contribution in [3.8, 4) is 0 Å². The predicted molar refractivity (Wildman–Crippen MR) is 49.6 cm³/mol. The van der Waals surface area contributed by atoms with E-state index in [2.05, 4.69) is 6.58 Å². The van der Waals surface area contributed by atoms with Crippen molar-refractivity contribution in [1.82, 2.24) is 0 Å². The second kappa shape index (κ2) is 4.42. The summed E-state index contributed by atoms with van der Waals surface area (Å²) in [5.74, 6) is 0. The molecule has 0 bridgehead atoms. The molecule has 0 amide bonds. The van der Waals surface area contributed by atoms with Crippen LogP contribution >= 0.6 is 0 Å². The summed E-state index contributed by atoms with van der Waals surface area (Å²) in [4.78, 5) is 0. The predicted octanol–water partition coefficient (Wildman–Crippen LogP) is 1.79. The van der Waals surface area contributed by atoms with E-state index in [-0.39, 0.29) is 6.42 Å². The highest BCUT2D eigenvalue weighted by atomic mass is 32.2. The van der Waals surface area contributed by atoms with E-state index in [1.807, 2.05) is 13.8 Å². The van der Waals surface area contributed by atoms with Gasteiger partial charge in [0.1, 0.15) is 5.25 Å². The first-order valence-electron chi connectivity index (χ1n) is 3.60. The average molecular weight is 190 g/mol. The van der Waals surface area contributed by atoms with Gasteiger partial charge in [-0.05, 0) is 20.3 Å². The van der Waals surface area contributed by atoms with Crippen LogP contribution in [0.2, 0.25) is 0 Å². The fourth-order valence-electron chi connectivity index (χ4n) is 0.691. The molecule has 12 heavy (non-hydrogen) atoms. The Balaban J connectivity index is 4.41. The summed E-state index contributed by atoms with van der Waals surface area (Å²) in [6.45, 7) is 7.07. The quantitative estimate of drug-likeness (QED) is 0.543. The Bertz CT molecular complexity index is 271. The zero-order valence-electron chi connectivity index (χ0n) is 7.32. The van der Waals surface area contributed by atoms with Crippen molar-refractivity contribution in [2.24, 2.45) is 0 Å². The monoisotopic (exact) mass is 190 g/mol. The standard InChI is InChI=1S/C8H14O3S/c1-4-8(12(9,10)11)6-5-7(2)3/h4-5,8H,1,6H2,2-3H3,(H,9,10,11). The van der Waals surface area contributed by atoms with Gasteiger partial charge in [-0.15, -0.1) is 6.58 Å². The first-order chi connectivity index (χ1) is 5.38. The largest absolute Gasteiger partial charge is 0.285 e. The highest BCUT2D eigenvalue weighted by Crippen LogP contribution is 2.07. The smallest absolute Gasteiger partial charge is 0.271 e. The van der Waals surface area contributed by atoms with E-state index in [9.17, 15) is 8.42 Å². The van der Waals surface area contributed by atoms with Crippen molar-refractivity contribution < 1.29 is 13.0 Å². The molecule has 0 saturated heterocycles. The summed E-state index contributed by atoms with van der Waals surface area (Å²) in [5, 5.41) is -0.882. The minimum absolute atomic E-state index is 0.282. The zero-order chi connectivity index (χ0) is 9.78. The molecule has 0 aliphatic heterocycles. The van der Waals surface area contributed by atoms with Crippen LogP contribution in [-0.2, 0) is 10.1 Å². The maximum Gasteiger partial charge on any atom is 0.271 e. The Morgan fingerprint density at radius 3 is 2.33 bits per heavy atom. The van der Waals surface area contributed by atoms with Crippen molar-refractivity contribution >= 4 is 10.1 Å². The Morgan fingerprint density at radius 1 is 1.58 bits per heavy atom. The van der Waals surface area contributed by atoms with Crippen LogP contribution in [0.4, 0.5) is 0 Å². The zero-order valence-corrected chi connectivity index (χ0v) is 8.13. The lowest BCUT2D eigenvalue weighted by Crippen LogP contribution is -2.16. The van der Waals surface area contributed by atoms with Crippen LogP contribution in [0.25, 0.3) is 0 Å². The van der Waals surface area contributed by atoms with Crippen molar-refractivity contribution in [3.05, 3.63) is 24.3 Å². The van der Waals surface area contributed by atoms with E-state index in [0.717, 1.165) is 5.57 Å². The molecule has 0 saturated carbocycles. The lowest BCUT2D eigenvalue weighted by Gasteiger charge is -2.05. The molecule has 0 spiro atoms. The summed E-state index contributed by atoms with van der Waals surface area (Å²) < 4.78 is 29.9. The van der Waals surface area contributed by atoms with Crippen molar-refractivity contribution in [2.45, 2.75) is 25.5 Å². The van der Waals surface area contributed by atoms with E-state index >= 15 is 0 Å². The average Bonchev–Trinajstić information content (AvgIpc) is 1.85. The maximum atomic E-state index is 10.6. The molecule has 4 heteroatoms. The molecule has 0 aromatic heterocycles. The normalized spacial score (nSPS) is 13.6. The fraction of sp³-hybridized carbons (Fsp3) is 0.500. The third-order valence-electron chi connectivity index (χ3n) is 1.40. The van der Waals surface area contributed by atoms with Crippen LogP contribution in [0.15, 0.2) is 24.3 Å². The van der Waals surface area contributed by atoms with Crippen LogP contribution in [-0.4, -0.2) is 18.2 Å². The van der Waals surface area contributed by atoms with Crippen molar-refractivity contribution in [3.63, 3.8) is 0 Å². The molecule has 1 N–H and O–H groups in total. The van der Waals surface area contributed by atoms with E-state index in [4.69, 9.17) is 4.55 Å². The molecule has 0 fully saturated rings. The molecule has 0 aromatic rings. The minimum atomic E-state index is -3.97. The molecule has 0 heterocycles. The highest BCUT2D eigenvalue weighted by molar-refractivity contribution is 7.86. The molecule has 0 radical (unpaired) electrons. The summed E-state index contributed by atoms with van der Waals surface area (Å²) in [7, 11) is -3.97. The topological polar surface area (TPSA) is 54.4 Å². The van der Waals surface area contributed by atoms with Gasteiger partial charge >= 0.3 is 0 Å². The SMILES string of the molecule is C=CC(CC=C(C)C)S(=O)(=O)O. The fourth-order valence-corrected chi connectivity index (χ4v) is 1.27. The van der Waals surface area contributed by atoms with E-state index in [0.29, 0.717) is 0 Å². The molecule has 0 rings (SSSR count). The second-order valence-corrected chi connectivity index (χ2v) is 4.44. The van der Waals surface area contributed by atoms with Gasteiger partial charge in [0.05, 0.1) is 0 Å². The summed E-state index contributed by atoms with van der Waals surface area (Å²) in [5.41, 5.74) is 1.02. The van der Waals surface area contributed by atoms with Gasteiger partial charge < -0.3 is 0 Å². The molecular weight excluding hydrogens is 176 g/mol. The lowest BCUT2D eigenvalue weighted by atomic mass is 10.2. The van der Waals surface area contributed by atoms with Gasteiger partial charge in [0.25, 0.3) is 10.1 Å². The van der Waals surface area contributed by atoms with Crippen molar-refractivity contribution in [1.29, 1.82) is 0 Å². The molecule has 0 aliphatic rings. The van der Waals surface area contributed by atoms with Gasteiger partial charge in [0.15, 0.2) is 0 Å². The third-order valence-corrected chi connectivity index (χ3v) is 2.55. The van der Waals surface area contributed by atoms with Crippen molar-refractivity contribution in [2.75, 3.05) is 0 Å².